The summed E-state index contributed by atoms with van der Waals surface area (Å²) >= 11 is 0. The molecule has 0 saturated carbocycles. The number of hydrogen-bond donors (Lipinski definition) is 0. The first-order chi connectivity index (χ1) is 7.22. The lowest BCUT2D eigenvalue weighted by molar-refractivity contribution is 0.112. The summed E-state index contributed by atoms with van der Waals surface area (Å²) in [5.41, 5.74) is 0.804. The molecule has 78 valence electrons. The fourth-order valence-electron chi connectivity index (χ4n) is 1.53. The van der Waals surface area contributed by atoms with Gasteiger partial charge in [-0.05, 0) is 12.1 Å². The third-order valence-electron chi connectivity index (χ3n) is 2.13. The van der Waals surface area contributed by atoms with Gasteiger partial charge in [-0.15, -0.1) is 0 Å². The summed E-state index contributed by atoms with van der Waals surface area (Å²) < 4.78 is 25.7. The number of nitrogens with zero attached hydrogens (tertiary/aromatic N) is 2. The van der Waals surface area contributed by atoms with Crippen molar-refractivity contribution in [2.24, 2.45) is 0 Å². The predicted octanol–water partition coefficient (Wildman–Crippen LogP) is 2.11. The summed E-state index contributed by atoms with van der Waals surface area (Å²) in [5.74, 6) is 0. The van der Waals surface area contributed by atoms with Crippen molar-refractivity contribution >= 4 is 17.3 Å². The Kier molecular flexibility index (Phi) is 2.45. The Morgan fingerprint density at radius 2 is 2.33 bits per heavy atom. The molecule has 2 aromatic rings. The van der Waals surface area contributed by atoms with Gasteiger partial charge in [-0.2, -0.15) is 0 Å². The number of alkyl halides is 2. The number of aromatic nitrogens is 2. The van der Waals surface area contributed by atoms with Gasteiger partial charge in [0.15, 0.2) is 6.29 Å². The van der Waals surface area contributed by atoms with Crippen LogP contribution in [-0.2, 0) is 6.54 Å². The summed E-state index contributed by atoms with van der Waals surface area (Å²) in [6.45, 7) is -0.443. The average molecular weight is 210 g/mol. The second kappa shape index (κ2) is 3.76. The van der Waals surface area contributed by atoms with Crippen LogP contribution in [0.3, 0.4) is 0 Å². The highest BCUT2D eigenvalue weighted by atomic mass is 19.3. The summed E-state index contributed by atoms with van der Waals surface area (Å²) in [4.78, 5) is 14.7. The highest BCUT2D eigenvalue weighted by Crippen LogP contribution is 2.18. The first kappa shape index (κ1) is 9.76. The van der Waals surface area contributed by atoms with Crippen LogP contribution in [-0.4, -0.2) is 22.3 Å². The minimum absolute atomic E-state index is 0.388. The van der Waals surface area contributed by atoms with Gasteiger partial charge in [0.2, 0.25) is 0 Å². The number of pyridine rings is 1. The van der Waals surface area contributed by atoms with Crippen molar-refractivity contribution in [3.05, 3.63) is 30.1 Å². The lowest BCUT2D eigenvalue weighted by atomic mass is 10.2. The smallest absolute Gasteiger partial charge is 0.256 e. The van der Waals surface area contributed by atoms with Crippen LogP contribution in [0.2, 0.25) is 0 Å². The molecule has 0 amide bonds. The van der Waals surface area contributed by atoms with Gasteiger partial charge in [-0.3, -0.25) is 4.79 Å². The highest BCUT2D eigenvalue weighted by molar-refractivity contribution is 5.95. The minimum atomic E-state index is -2.46. The molecule has 0 atom stereocenters. The first-order valence-corrected chi connectivity index (χ1v) is 4.39. The molecule has 0 aliphatic rings. The van der Waals surface area contributed by atoms with E-state index in [2.05, 4.69) is 4.98 Å². The van der Waals surface area contributed by atoms with Gasteiger partial charge in [0.1, 0.15) is 5.65 Å². The molecule has 0 N–H and O–H groups in total. The van der Waals surface area contributed by atoms with E-state index in [9.17, 15) is 13.6 Å². The van der Waals surface area contributed by atoms with Crippen LogP contribution in [0.4, 0.5) is 8.78 Å². The fourth-order valence-corrected chi connectivity index (χ4v) is 1.53. The van der Waals surface area contributed by atoms with E-state index in [1.165, 1.54) is 17.0 Å². The van der Waals surface area contributed by atoms with E-state index in [4.69, 9.17) is 0 Å². The van der Waals surface area contributed by atoms with Gasteiger partial charge in [0.25, 0.3) is 6.43 Å². The van der Waals surface area contributed by atoms with E-state index in [0.717, 1.165) is 0 Å². The highest BCUT2D eigenvalue weighted by Gasteiger charge is 2.11. The molecule has 2 aromatic heterocycles. The van der Waals surface area contributed by atoms with Gasteiger partial charge in [0.05, 0.1) is 6.54 Å². The van der Waals surface area contributed by atoms with Crippen LogP contribution in [0, 0.1) is 0 Å². The molecule has 0 saturated heterocycles. The zero-order chi connectivity index (χ0) is 10.8. The number of halogens is 2. The van der Waals surface area contributed by atoms with E-state index in [0.29, 0.717) is 22.9 Å². The molecule has 0 unspecified atom stereocenters. The number of fused-ring (bicyclic) bond motifs is 1. The van der Waals surface area contributed by atoms with Crippen molar-refractivity contribution in [3.63, 3.8) is 0 Å². The molecule has 0 fully saturated rings. The van der Waals surface area contributed by atoms with E-state index in [1.54, 1.807) is 12.1 Å². The molecule has 2 heterocycles. The second-order valence-corrected chi connectivity index (χ2v) is 3.12. The maximum Gasteiger partial charge on any atom is 0.256 e. The second-order valence-electron chi connectivity index (χ2n) is 3.12. The molecular formula is C10H8F2N2O. The van der Waals surface area contributed by atoms with E-state index < -0.39 is 13.0 Å². The van der Waals surface area contributed by atoms with Crippen molar-refractivity contribution in [2.45, 2.75) is 13.0 Å². The summed E-state index contributed by atoms with van der Waals surface area (Å²) in [5, 5.41) is 0.605. The summed E-state index contributed by atoms with van der Waals surface area (Å²) in [6.07, 6.45) is 1.10. The van der Waals surface area contributed by atoms with Crippen molar-refractivity contribution in [1.29, 1.82) is 0 Å². The zero-order valence-electron chi connectivity index (χ0n) is 7.73. The lowest BCUT2D eigenvalue weighted by Crippen LogP contribution is -2.05. The Labute approximate surface area is 84.3 Å². The predicted molar refractivity (Wildman–Crippen MR) is 51.1 cm³/mol. The van der Waals surface area contributed by atoms with E-state index >= 15 is 0 Å². The molecule has 15 heavy (non-hydrogen) atoms. The number of aldehydes is 1. The monoisotopic (exact) mass is 210 g/mol. The largest absolute Gasteiger partial charge is 0.326 e. The molecule has 0 aliphatic heterocycles. The zero-order valence-corrected chi connectivity index (χ0v) is 7.73. The molecule has 0 bridgehead atoms. The standard InChI is InChI=1S/C10H8F2N2O/c11-9(12)5-14-4-7(6-15)8-2-1-3-13-10(8)14/h1-4,6,9H,5H2. The first-order valence-electron chi connectivity index (χ1n) is 4.39. The van der Waals surface area contributed by atoms with E-state index in [1.807, 2.05) is 0 Å². The van der Waals surface area contributed by atoms with Crippen molar-refractivity contribution in [3.8, 4) is 0 Å². The van der Waals surface area contributed by atoms with Crippen LogP contribution in [0.25, 0.3) is 11.0 Å². The number of carbonyl (C=O) groups excluding carboxylic acids is 1. The molecule has 0 radical (unpaired) electrons. The summed E-state index contributed by atoms with van der Waals surface area (Å²) in [7, 11) is 0. The normalized spacial score (nSPS) is 11.1. The van der Waals surface area contributed by atoms with Gasteiger partial charge in [0, 0.05) is 23.3 Å². The van der Waals surface area contributed by atoms with Crippen LogP contribution < -0.4 is 0 Å². The van der Waals surface area contributed by atoms with Crippen molar-refractivity contribution in [2.75, 3.05) is 0 Å². The van der Waals surface area contributed by atoms with E-state index in [-0.39, 0.29) is 0 Å². The Morgan fingerprint density at radius 1 is 1.53 bits per heavy atom. The molecule has 2 rings (SSSR count). The quantitative estimate of drug-likeness (QED) is 0.727. The third-order valence-corrected chi connectivity index (χ3v) is 2.13. The molecular weight excluding hydrogens is 202 g/mol. The Hall–Kier alpha value is -1.78. The van der Waals surface area contributed by atoms with Crippen molar-refractivity contribution in [1.82, 2.24) is 9.55 Å². The molecule has 0 aliphatic carbocycles. The van der Waals surface area contributed by atoms with Gasteiger partial charge in [-0.1, -0.05) is 0 Å². The number of hydrogen-bond acceptors (Lipinski definition) is 2. The molecule has 0 spiro atoms. The Balaban J connectivity index is 2.59. The number of carbonyl (C=O) groups is 1. The van der Waals surface area contributed by atoms with Gasteiger partial charge in [-0.25, -0.2) is 13.8 Å². The van der Waals surface area contributed by atoms with Gasteiger partial charge >= 0.3 is 0 Å². The molecule has 5 heteroatoms. The van der Waals surface area contributed by atoms with Gasteiger partial charge < -0.3 is 4.57 Å². The fraction of sp³-hybridized carbons (Fsp3) is 0.200. The van der Waals surface area contributed by atoms with Crippen LogP contribution in [0.1, 0.15) is 10.4 Å². The molecule has 3 nitrogen and oxygen atoms in total. The maximum atomic E-state index is 12.2. The average Bonchev–Trinajstić information content (AvgIpc) is 2.56. The van der Waals surface area contributed by atoms with Crippen LogP contribution in [0.15, 0.2) is 24.5 Å². The Bertz CT molecular complexity index is 493. The lowest BCUT2D eigenvalue weighted by Gasteiger charge is -2.01. The summed E-state index contributed by atoms with van der Waals surface area (Å²) in [6, 6.07) is 3.36. The van der Waals surface area contributed by atoms with Crippen molar-refractivity contribution < 1.29 is 13.6 Å². The SMILES string of the molecule is O=Cc1cn(CC(F)F)c2ncccc12. The Morgan fingerprint density at radius 3 is 3.00 bits per heavy atom. The maximum absolute atomic E-state index is 12.2. The topological polar surface area (TPSA) is 34.9 Å². The molecule has 0 aromatic carbocycles. The van der Waals surface area contributed by atoms with Crippen LogP contribution in [0.5, 0.6) is 0 Å². The minimum Gasteiger partial charge on any atom is -0.326 e. The third kappa shape index (κ3) is 1.72. The number of rotatable bonds is 3. The van der Waals surface area contributed by atoms with Crippen LogP contribution >= 0.6 is 0 Å².